The number of nitrogens with two attached hydrogens (primary N) is 1. The molecule has 0 radical (unpaired) electrons. The van der Waals surface area contributed by atoms with Crippen molar-refractivity contribution >= 4 is 86.5 Å². The van der Waals surface area contributed by atoms with Crippen molar-refractivity contribution in [2.75, 3.05) is 0 Å². The third kappa shape index (κ3) is 5.20. The van der Waals surface area contributed by atoms with E-state index in [9.17, 15) is 0 Å². The molecule has 0 saturated heterocycles. The molecule has 272 valence electrons. The van der Waals surface area contributed by atoms with Crippen molar-refractivity contribution in [2.45, 2.75) is 31.5 Å². The van der Waals surface area contributed by atoms with E-state index in [4.69, 9.17) is 0 Å². The summed E-state index contributed by atoms with van der Waals surface area (Å²) < 4.78 is 7.69. The summed E-state index contributed by atoms with van der Waals surface area (Å²) in [5.74, 6) is 0. The predicted octanol–water partition coefficient (Wildman–Crippen LogP) is 10.7. The number of thiophene rings is 1. The average Bonchev–Trinajstić information content (AvgIpc) is 3.94. The molecule has 0 fully saturated rings. The van der Waals surface area contributed by atoms with Crippen LogP contribution in [0.4, 0.5) is 0 Å². The lowest BCUT2D eigenvalue weighted by Crippen LogP contribution is -3.04. The summed E-state index contributed by atoms with van der Waals surface area (Å²) in [6.07, 6.45) is 7.99. The molecule has 57 heavy (non-hydrogen) atoms. The maximum atomic E-state index is 4.10. The second-order valence-corrected chi connectivity index (χ2v) is 16.7. The van der Waals surface area contributed by atoms with Gasteiger partial charge in [0.15, 0.2) is 5.71 Å². The molecule has 0 amide bonds. The van der Waals surface area contributed by atoms with E-state index in [1.807, 2.05) is 11.3 Å². The van der Waals surface area contributed by atoms with Gasteiger partial charge in [-0.1, -0.05) is 121 Å². The first-order valence-electron chi connectivity index (χ1n) is 20.1. The van der Waals surface area contributed by atoms with Crippen LogP contribution in [0.2, 0.25) is 0 Å². The Kier molecular flexibility index (Phi) is 7.47. The van der Waals surface area contributed by atoms with E-state index in [0.29, 0.717) is 6.04 Å². The van der Waals surface area contributed by atoms with Gasteiger partial charge in [0, 0.05) is 64.2 Å². The number of nitrogens with zero attached hydrogens (tertiary/aromatic N) is 2. The van der Waals surface area contributed by atoms with E-state index in [0.717, 1.165) is 19.3 Å². The lowest BCUT2D eigenvalue weighted by atomic mass is 9.90. The van der Waals surface area contributed by atoms with Crippen LogP contribution in [-0.4, -0.2) is 14.8 Å². The minimum Gasteiger partial charge on any atom is -0.309 e. The Morgan fingerprint density at radius 1 is 0.561 bits per heavy atom. The van der Waals surface area contributed by atoms with Crippen LogP contribution in [0.15, 0.2) is 182 Å². The number of allylic oxidation sites excluding steroid dienone is 4. The van der Waals surface area contributed by atoms with Crippen LogP contribution in [0.1, 0.15) is 42.6 Å². The molecule has 7 aromatic carbocycles. The standard InChI is InChI=1S/C52H38N4S/c1-3-14-33(15-4-1)43-32-44(54-52(53-43)35-26-27-40-39-21-9-12-25-48(39)57-49(40)31-35)34-16-13-19-37(30-34)55-46-24-11-8-22-42(46)50-47(55)29-28-41-38-20-7-10-23-45(38)56(51(41)50)36-17-5-2-6-18-36/h1-12,14-15,17-31,43,52-53H,13,16,32H2/p+2. The lowest BCUT2D eigenvalue weighted by Gasteiger charge is -2.25. The van der Waals surface area contributed by atoms with Crippen LogP contribution in [0.3, 0.4) is 0 Å². The van der Waals surface area contributed by atoms with Gasteiger partial charge < -0.3 is 9.13 Å². The Morgan fingerprint density at radius 3 is 2.09 bits per heavy atom. The summed E-state index contributed by atoms with van der Waals surface area (Å²) in [6, 6.07) is 60.6. The monoisotopic (exact) mass is 752 g/mol. The second kappa shape index (κ2) is 13.0. The van der Waals surface area contributed by atoms with Crippen molar-refractivity contribution in [1.29, 1.82) is 0 Å². The average molecular weight is 753 g/mol. The molecule has 12 rings (SSSR count). The molecule has 4 nitrogen and oxygen atoms in total. The zero-order valence-corrected chi connectivity index (χ0v) is 32.2. The Labute approximate surface area is 334 Å². The SMILES string of the molecule is C1=C(C2=[NH+]C(c3ccc4c(c3)sc3ccccc34)[NH2+]C(c3ccccc3)C2)CCC=C1n1c2ccccc2c2c1ccc1c3ccccc3n(-c3ccccc3)c12. The molecule has 0 bridgehead atoms. The first kappa shape index (κ1) is 32.7. The molecule has 2 unspecified atom stereocenters. The van der Waals surface area contributed by atoms with Crippen molar-refractivity contribution < 1.29 is 10.3 Å². The highest BCUT2D eigenvalue weighted by molar-refractivity contribution is 7.25. The Bertz CT molecular complexity index is 3300. The first-order valence-corrected chi connectivity index (χ1v) is 20.9. The predicted molar refractivity (Wildman–Crippen MR) is 239 cm³/mol. The van der Waals surface area contributed by atoms with Crippen LogP contribution in [0, 0.1) is 0 Å². The fraction of sp³-hybridized carbons (Fsp3) is 0.0962. The van der Waals surface area contributed by atoms with Crippen molar-refractivity contribution in [1.82, 2.24) is 9.13 Å². The zero-order valence-electron chi connectivity index (χ0n) is 31.4. The molecule has 4 heterocycles. The van der Waals surface area contributed by atoms with Crippen molar-refractivity contribution in [3.63, 3.8) is 0 Å². The zero-order chi connectivity index (χ0) is 37.5. The molecule has 0 saturated carbocycles. The highest BCUT2D eigenvalue weighted by Gasteiger charge is 2.36. The van der Waals surface area contributed by atoms with Crippen molar-refractivity contribution in [3.05, 3.63) is 193 Å². The number of hydrogen-bond acceptors (Lipinski definition) is 1. The number of nitrogens with one attached hydrogen (secondary N) is 1. The molecule has 2 atom stereocenters. The number of hydrogen-bond donors (Lipinski definition) is 2. The van der Waals surface area contributed by atoms with E-state index in [1.165, 1.54) is 97.6 Å². The van der Waals surface area contributed by atoms with Gasteiger partial charge >= 0.3 is 6.17 Å². The molecule has 0 spiro atoms. The quantitative estimate of drug-likeness (QED) is 0.176. The van der Waals surface area contributed by atoms with E-state index in [-0.39, 0.29) is 6.17 Å². The fourth-order valence-corrected chi connectivity index (χ4v) is 11.0. The third-order valence-corrected chi connectivity index (χ3v) is 13.5. The van der Waals surface area contributed by atoms with Crippen molar-refractivity contribution in [3.8, 4) is 5.69 Å². The highest BCUT2D eigenvalue weighted by Crippen LogP contribution is 2.43. The maximum absolute atomic E-state index is 4.10. The van der Waals surface area contributed by atoms with Crippen LogP contribution in [0.25, 0.3) is 75.2 Å². The number of benzene rings is 7. The largest absolute Gasteiger partial charge is 0.309 e. The van der Waals surface area contributed by atoms with E-state index in [1.54, 1.807) is 0 Å². The Balaban J connectivity index is 1.02. The van der Waals surface area contributed by atoms with Gasteiger partial charge in [0.1, 0.15) is 6.04 Å². The van der Waals surface area contributed by atoms with E-state index >= 15 is 0 Å². The molecule has 1 aliphatic carbocycles. The van der Waals surface area contributed by atoms with Gasteiger partial charge in [0.25, 0.3) is 0 Å². The fourth-order valence-electron chi connectivity index (χ4n) is 9.81. The van der Waals surface area contributed by atoms with Gasteiger partial charge in [-0.3, -0.25) is 5.32 Å². The molecule has 5 heteroatoms. The summed E-state index contributed by atoms with van der Waals surface area (Å²) >= 11 is 1.90. The summed E-state index contributed by atoms with van der Waals surface area (Å²) in [6.45, 7) is 0. The number of rotatable bonds is 5. The first-order chi connectivity index (χ1) is 28.3. The third-order valence-electron chi connectivity index (χ3n) is 12.4. The summed E-state index contributed by atoms with van der Waals surface area (Å²) in [4.78, 5) is 4.10. The molecule has 10 aromatic rings. The van der Waals surface area contributed by atoms with Gasteiger partial charge in [-0.25, -0.2) is 0 Å². The normalized spacial score (nSPS) is 17.5. The summed E-state index contributed by atoms with van der Waals surface area (Å²) in [7, 11) is 0. The van der Waals surface area contributed by atoms with Gasteiger partial charge in [0.2, 0.25) is 0 Å². The minimum atomic E-state index is 0.102. The number of quaternary nitrogens is 1. The molecule has 3 N–H and O–H groups in total. The van der Waals surface area contributed by atoms with Crippen LogP contribution in [0.5, 0.6) is 0 Å². The smallest absolute Gasteiger partial charge is 0.302 e. The van der Waals surface area contributed by atoms with Gasteiger partial charge in [-0.15, -0.1) is 11.3 Å². The van der Waals surface area contributed by atoms with Gasteiger partial charge in [-0.2, -0.15) is 4.99 Å². The number of fused-ring (bicyclic) bond motifs is 10. The number of aromatic nitrogens is 2. The van der Waals surface area contributed by atoms with Crippen LogP contribution < -0.4 is 10.3 Å². The second-order valence-electron chi connectivity index (χ2n) is 15.6. The number of para-hydroxylation sites is 3. The van der Waals surface area contributed by atoms with E-state index in [2.05, 4.69) is 195 Å². The van der Waals surface area contributed by atoms with Crippen molar-refractivity contribution in [2.24, 2.45) is 0 Å². The highest BCUT2D eigenvalue weighted by atomic mass is 32.1. The summed E-state index contributed by atoms with van der Waals surface area (Å²) in [5.41, 5.74) is 12.8. The molecule has 2 aliphatic rings. The molecule has 1 aliphatic heterocycles. The minimum absolute atomic E-state index is 0.102. The van der Waals surface area contributed by atoms with Gasteiger partial charge in [0.05, 0.1) is 34.1 Å². The van der Waals surface area contributed by atoms with Gasteiger partial charge in [-0.05, 0) is 67.4 Å². The topological polar surface area (TPSA) is 40.4 Å². The molecular weight excluding hydrogens is 713 g/mol. The molecular formula is C52H40N4S+2. The Hall–Kier alpha value is -6.53. The maximum Gasteiger partial charge on any atom is 0.302 e. The van der Waals surface area contributed by atoms with Crippen LogP contribution in [-0.2, 0) is 0 Å². The summed E-state index contributed by atoms with van der Waals surface area (Å²) in [5, 5.41) is 10.4. The Morgan fingerprint density at radius 2 is 1.25 bits per heavy atom. The van der Waals surface area contributed by atoms with Crippen LogP contribution >= 0.6 is 11.3 Å². The van der Waals surface area contributed by atoms with E-state index < -0.39 is 0 Å². The molecule has 3 aromatic heterocycles. The lowest BCUT2D eigenvalue weighted by molar-refractivity contribution is -0.877.